The van der Waals surface area contributed by atoms with Crippen LogP contribution in [0.1, 0.15) is 11.1 Å². The van der Waals surface area contributed by atoms with Gasteiger partial charge in [-0.1, -0.05) is 0 Å². The van der Waals surface area contributed by atoms with Gasteiger partial charge in [0.25, 0.3) is 0 Å². The first-order chi connectivity index (χ1) is 9.78. The molecular formula is C14H14N4OS. The third kappa shape index (κ3) is 2.42. The number of pyridine rings is 1. The lowest BCUT2D eigenvalue weighted by atomic mass is 10.2. The molecule has 3 aromatic rings. The zero-order valence-electron chi connectivity index (χ0n) is 11.3. The number of nitrogens with zero attached hydrogens (tertiary/aromatic N) is 3. The largest absolute Gasteiger partial charge is 0.481 e. The minimum atomic E-state index is 0.615. The Bertz CT molecular complexity index is 741. The molecule has 1 N–H and O–H groups in total. The minimum Gasteiger partial charge on any atom is -0.481 e. The molecule has 5 nitrogen and oxygen atoms in total. The highest BCUT2D eigenvalue weighted by atomic mass is 32.1. The van der Waals surface area contributed by atoms with Gasteiger partial charge in [-0.25, -0.2) is 15.0 Å². The Kier molecular flexibility index (Phi) is 3.47. The van der Waals surface area contributed by atoms with E-state index in [1.54, 1.807) is 31.0 Å². The second kappa shape index (κ2) is 5.42. The van der Waals surface area contributed by atoms with Crippen molar-refractivity contribution in [1.29, 1.82) is 0 Å². The Balaban J connectivity index is 1.83. The topological polar surface area (TPSA) is 59.9 Å². The van der Waals surface area contributed by atoms with Crippen LogP contribution < -0.4 is 10.1 Å². The fourth-order valence-electron chi connectivity index (χ4n) is 1.95. The SMILES string of the molecule is COc1cc(CNc2ncnc3c(C)csc23)ccn1. The third-order valence-electron chi connectivity index (χ3n) is 3.00. The van der Waals surface area contributed by atoms with Gasteiger partial charge >= 0.3 is 0 Å². The Morgan fingerprint density at radius 2 is 2.20 bits per heavy atom. The molecule has 0 aliphatic carbocycles. The molecule has 0 bridgehead atoms. The molecule has 0 atom stereocenters. The number of hydrogen-bond donors (Lipinski definition) is 1. The Hall–Kier alpha value is -2.21. The number of fused-ring (bicyclic) bond motifs is 1. The summed E-state index contributed by atoms with van der Waals surface area (Å²) in [5.74, 6) is 1.48. The van der Waals surface area contributed by atoms with Crippen LogP contribution in [0.5, 0.6) is 5.88 Å². The van der Waals surface area contributed by atoms with Crippen LogP contribution in [0.25, 0.3) is 10.2 Å². The lowest BCUT2D eigenvalue weighted by Gasteiger charge is -2.07. The van der Waals surface area contributed by atoms with Crippen LogP contribution in [-0.4, -0.2) is 22.1 Å². The van der Waals surface area contributed by atoms with E-state index in [2.05, 4.69) is 32.6 Å². The number of aryl methyl sites for hydroxylation is 1. The lowest BCUT2D eigenvalue weighted by Crippen LogP contribution is -2.02. The molecule has 0 fully saturated rings. The summed E-state index contributed by atoms with van der Waals surface area (Å²) in [5.41, 5.74) is 3.29. The van der Waals surface area contributed by atoms with Gasteiger partial charge in [-0.3, -0.25) is 0 Å². The van der Waals surface area contributed by atoms with Crippen molar-refractivity contribution < 1.29 is 4.74 Å². The van der Waals surface area contributed by atoms with Crippen LogP contribution in [0.15, 0.2) is 30.0 Å². The summed E-state index contributed by atoms with van der Waals surface area (Å²) < 4.78 is 6.21. The first kappa shape index (κ1) is 12.8. The van der Waals surface area contributed by atoms with Crippen LogP contribution >= 0.6 is 11.3 Å². The van der Waals surface area contributed by atoms with E-state index in [4.69, 9.17) is 4.74 Å². The minimum absolute atomic E-state index is 0.615. The van der Waals surface area contributed by atoms with E-state index in [1.807, 2.05) is 12.1 Å². The van der Waals surface area contributed by atoms with E-state index in [1.165, 1.54) is 5.56 Å². The molecule has 0 saturated carbocycles. The van der Waals surface area contributed by atoms with Crippen molar-refractivity contribution >= 4 is 27.4 Å². The Labute approximate surface area is 120 Å². The molecule has 0 aliphatic rings. The number of ether oxygens (including phenoxy) is 1. The second-order valence-corrected chi connectivity index (χ2v) is 5.26. The number of rotatable bonds is 4. The van der Waals surface area contributed by atoms with Crippen LogP contribution in [0, 0.1) is 6.92 Å². The first-order valence-corrected chi connectivity index (χ1v) is 7.07. The van der Waals surface area contributed by atoms with Gasteiger partial charge in [-0.15, -0.1) is 11.3 Å². The van der Waals surface area contributed by atoms with Gasteiger partial charge in [0, 0.05) is 18.8 Å². The summed E-state index contributed by atoms with van der Waals surface area (Å²) in [5, 5.41) is 5.44. The van der Waals surface area contributed by atoms with Gasteiger partial charge in [-0.05, 0) is 29.5 Å². The van der Waals surface area contributed by atoms with Gasteiger partial charge < -0.3 is 10.1 Å². The number of methoxy groups -OCH3 is 1. The van der Waals surface area contributed by atoms with Crippen molar-refractivity contribution in [3.8, 4) is 5.88 Å². The van der Waals surface area contributed by atoms with E-state index in [0.29, 0.717) is 12.4 Å². The molecule has 3 aromatic heterocycles. The third-order valence-corrected chi connectivity index (χ3v) is 4.09. The molecule has 0 amide bonds. The Morgan fingerprint density at radius 1 is 1.30 bits per heavy atom. The van der Waals surface area contributed by atoms with E-state index in [-0.39, 0.29) is 0 Å². The van der Waals surface area contributed by atoms with Gasteiger partial charge in [0.15, 0.2) is 0 Å². The number of hydrogen-bond acceptors (Lipinski definition) is 6. The summed E-state index contributed by atoms with van der Waals surface area (Å²) in [4.78, 5) is 12.7. The summed E-state index contributed by atoms with van der Waals surface area (Å²) in [6, 6.07) is 3.86. The highest BCUT2D eigenvalue weighted by molar-refractivity contribution is 7.18. The fraction of sp³-hybridized carbons (Fsp3) is 0.214. The average molecular weight is 286 g/mol. The highest BCUT2D eigenvalue weighted by Gasteiger charge is 2.07. The van der Waals surface area contributed by atoms with Crippen molar-refractivity contribution in [3.05, 3.63) is 41.2 Å². The lowest BCUT2D eigenvalue weighted by molar-refractivity contribution is 0.397. The van der Waals surface area contributed by atoms with Crippen molar-refractivity contribution in [2.75, 3.05) is 12.4 Å². The molecule has 0 aromatic carbocycles. The summed E-state index contributed by atoms with van der Waals surface area (Å²) >= 11 is 1.66. The molecule has 3 heterocycles. The standard InChI is InChI=1S/C14H14N4OS/c1-9-7-20-13-12(9)17-8-18-14(13)16-6-10-3-4-15-11(5-10)19-2/h3-5,7-8H,6H2,1-2H3,(H,16,17,18). The van der Waals surface area contributed by atoms with E-state index in [0.717, 1.165) is 21.6 Å². The molecule has 3 rings (SSSR count). The number of aromatic nitrogens is 3. The first-order valence-electron chi connectivity index (χ1n) is 6.19. The van der Waals surface area contributed by atoms with Crippen LogP contribution in [-0.2, 0) is 6.54 Å². The average Bonchev–Trinajstić information content (AvgIpc) is 2.88. The van der Waals surface area contributed by atoms with Crippen LogP contribution in [0.3, 0.4) is 0 Å². The zero-order valence-corrected chi connectivity index (χ0v) is 12.1. The van der Waals surface area contributed by atoms with Gasteiger partial charge in [0.1, 0.15) is 12.1 Å². The molecule has 0 spiro atoms. The molecular weight excluding hydrogens is 272 g/mol. The molecule has 0 unspecified atom stereocenters. The van der Waals surface area contributed by atoms with E-state index < -0.39 is 0 Å². The monoisotopic (exact) mass is 286 g/mol. The van der Waals surface area contributed by atoms with Gasteiger partial charge in [-0.2, -0.15) is 0 Å². The highest BCUT2D eigenvalue weighted by Crippen LogP contribution is 2.28. The molecule has 0 saturated heterocycles. The number of thiophene rings is 1. The van der Waals surface area contributed by atoms with Gasteiger partial charge in [0.05, 0.1) is 17.3 Å². The predicted molar refractivity (Wildman–Crippen MR) is 80.3 cm³/mol. The smallest absolute Gasteiger partial charge is 0.213 e. The van der Waals surface area contributed by atoms with E-state index in [9.17, 15) is 0 Å². The van der Waals surface area contributed by atoms with E-state index >= 15 is 0 Å². The number of anilines is 1. The molecule has 6 heteroatoms. The predicted octanol–water partition coefficient (Wildman–Crippen LogP) is 3.02. The summed E-state index contributed by atoms with van der Waals surface area (Å²) in [6.45, 7) is 2.73. The molecule has 102 valence electrons. The van der Waals surface area contributed by atoms with Crippen LogP contribution in [0.2, 0.25) is 0 Å². The molecule has 0 radical (unpaired) electrons. The van der Waals surface area contributed by atoms with Crippen molar-refractivity contribution in [2.45, 2.75) is 13.5 Å². The van der Waals surface area contributed by atoms with Gasteiger partial charge in [0.2, 0.25) is 5.88 Å². The van der Waals surface area contributed by atoms with Crippen molar-refractivity contribution in [2.24, 2.45) is 0 Å². The maximum absolute atomic E-state index is 5.12. The quantitative estimate of drug-likeness (QED) is 0.799. The molecule has 0 aliphatic heterocycles. The maximum Gasteiger partial charge on any atom is 0.213 e. The summed E-state index contributed by atoms with van der Waals surface area (Å²) in [6.07, 6.45) is 3.33. The molecule has 20 heavy (non-hydrogen) atoms. The Morgan fingerprint density at radius 3 is 3.05 bits per heavy atom. The zero-order chi connectivity index (χ0) is 13.9. The van der Waals surface area contributed by atoms with Crippen molar-refractivity contribution in [3.63, 3.8) is 0 Å². The number of nitrogens with one attached hydrogen (secondary N) is 1. The maximum atomic E-state index is 5.12. The second-order valence-electron chi connectivity index (χ2n) is 4.38. The van der Waals surface area contributed by atoms with Crippen LogP contribution in [0.4, 0.5) is 5.82 Å². The normalized spacial score (nSPS) is 10.7. The van der Waals surface area contributed by atoms with Crippen molar-refractivity contribution in [1.82, 2.24) is 15.0 Å². The summed E-state index contributed by atoms with van der Waals surface area (Å²) in [7, 11) is 1.61. The fourth-order valence-corrected chi connectivity index (χ4v) is 2.92.